The number of methoxy groups -OCH3 is 1. The Morgan fingerprint density at radius 3 is 2.50 bits per heavy atom. The fraction of sp³-hybridized carbons (Fsp3) is 0.533. The fourth-order valence-electron chi connectivity index (χ4n) is 2.45. The number of carbonyl (C=O) groups excluding carboxylic acids is 1. The molecule has 1 fully saturated rings. The van der Waals surface area contributed by atoms with Gasteiger partial charge in [0, 0.05) is 21.7 Å². The summed E-state index contributed by atoms with van der Waals surface area (Å²) in [7, 11) is 0.545. The third-order valence-corrected chi connectivity index (χ3v) is 5.33. The second-order valence-electron chi connectivity index (χ2n) is 5.06. The van der Waals surface area contributed by atoms with Crippen molar-refractivity contribution in [2.24, 2.45) is 0 Å². The van der Waals surface area contributed by atoms with E-state index in [2.05, 4.69) is 5.32 Å². The first kappa shape index (κ1) is 15.0. The molecular weight excluding hydrogens is 274 g/mol. The second kappa shape index (κ2) is 7.43. The lowest BCUT2D eigenvalue weighted by atomic mass is 10.0. The molecule has 1 atom stereocenters. The van der Waals surface area contributed by atoms with Gasteiger partial charge in [0.25, 0.3) is 0 Å². The van der Waals surface area contributed by atoms with Gasteiger partial charge in [-0.15, -0.1) is 0 Å². The van der Waals surface area contributed by atoms with Crippen LogP contribution < -0.4 is 10.1 Å². The summed E-state index contributed by atoms with van der Waals surface area (Å²) in [5.74, 6) is 0.657. The van der Waals surface area contributed by atoms with Crippen molar-refractivity contribution < 1.29 is 13.7 Å². The highest BCUT2D eigenvalue weighted by molar-refractivity contribution is 7.86. The van der Waals surface area contributed by atoms with E-state index in [1.165, 1.54) is 6.42 Å². The van der Waals surface area contributed by atoms with E-state index in [-0.39, 0.29) is 16.9 Å². The van der Waals surface area contributed by atoms with E-state index >= 15 is 0 Å². The Bertz CT molecular complexity index is 467. The normalized spacial score (nSPS) is 17.4. The lowest BCUT2D eigenvalue weighted by Gasteiger charge is -2.20. The first-order chi connectivity index (χ1) is 9.69. The topological polar surface area (TPSA) is 55.4 Å². The van der Waals surface area contributed by atoms with Crippen molar-refractivity contribution in [3.8, 4) is 5.75 Å². The van der Waals surface area contributed by atoms with E-state index in [0.29, 0.717) is 5.69 Å². The summed E-state index contributed by atoms with van der Waals surface area (Å²) < 4.78 is 17.2. The van der Waals surface area contributed by atoms with Crippen LogP contribution in [0.2, 0.25) is 0 Å². The van der Waals surface area contributed by atoms with E-state index in [0.717, 1.165) is 31.4 Å². The van der Waals surface area contributed by atoms with Crippen LogP contribution in [0.5, 0.6) is 5.75 Å². The van der Waals surface area contributed by atoms with Gasteiger partial charge in [0.2, 0.25) is 5.91 Å². The molecule has 1 saturated carbocycles. The maximum Gasteiger partial charge on any atom is 0.237 e. The number of carbonyl (C=O) groups is 1. The Morgan fingerprint density at radius 1 is 1.25 bits per heavy atom. The van der Waals surface area contributed by atoms with Crippen LogP contribution >= 0.6 is 0 Å². The van der Waals surface area contributed by atoms with E-state index in [4.69, 9.17) is 4.74 Å². The Hall–Kier alpha value is -1.36. The first-order valence-electron chi connectivity index (χ1n) is 7.00. The van der Waals surface area contributed by atoms with Crippen LogP contribution in [0.3, 0.4) is 0 Å². The maximum atomic E-state index is 12.1. The number of nitrogens with one attached hydrogen (secondary N) is 1. The van der Waals surface area contributed by atoms with Crippen LogP contribution in [0.15, 0.2) is 24.3 Å². The third-order valence-electron chi connectivity index (χ3n) is 3.57. The molecule has 1 aliphatic rings. The molecule has 1 unspecified atom stereocenters. The molecule has 1 N–H and O–H groups in total. The van der Waals surface area contributed by atoms with Crippen molar-refractivity contribution in [3.05, 3.63) is 24.3 Å². The average molecular weight is 295 g/mol. The Balaban J connectivity index is 1.83. The SMILES string of the molecule is COc1ccc(NC(=O)CS(=O)C2CCCCC2)cc1. The quantitative estimate of drug-likeness (QED) is 0.908. The monoisotopic (exact) mass is 295 g/mol. The van der Waals surface area contributed by atoms with E-state index in [1.54, 1.807) is 31.4 Å². The molecule has 4 nitrogen and oxygen atoms in total. The van der Waals surface area contributed by atoms with Gasteiger partial charge in [-0.05, 0) is 37.1 Å². The molecule has 0 bridgehead atoms. The van der Waals surface area contributed by atoms with E-state index in [1.807, 2.05) is 0 Å². The van der Waals surface area contributed by atoms with Crippen LogP contribution in [-0.4, -0.2) is 28.2 Å². The zero-order chi connectivity index (χ0) is 14.4. The third kappa shape index (κ3) is 4.34. The van der Waals surface area contributed by atoms with Crippen LogP contribution in [0.1, 0.15) is 32.1 Å². The summed E-state index contributed by atoms with van der Waals surface area (Å²) in [5, 5.41) is 2.98. The fourth-order valence-corrected chi connectivity index (χ4v) is 3.87. The molecule has 1 amide bonds. The van der Waals surface area contributed by atoms with Gasteiger partial charge in [0.1, 0.15) is 11.5 Å². The molecule has 1 aromatic rings. The van der Waals surface area contributed by atoms with Gasteiger partial charge in [0.15, 0.2) is 0 Å². The minimum atomic E-state index is -1.05. The van der Waals surface area contributed by atoms with E-state index in [9.17, 15) is 9.00 Å². The Kier molecular flexibility index (Phi) is 5.59. The maximum absolute atomic E-state index is 12.1. The minimum Gasteiger partial charge on any atom is -0.497 e. The van der Waals surface area contributed by atoms with Gasteiger partial charge in [-0.1, -0.05) is 19.3 Å². The Morgan fingerprint density at radius 2 is 1.90 bits per heavy atom. The highest BCUT2D eigenvalue weighted by Gasteiger charge is 2.21. The number of ether oxygens (including phenoxy) is 1. The molecular formula is C15H21NO3S. The van der Waals surface area contributed by atoms with E-state index < -0.39 is 10.8 Å². The zero-order valence-corrected chi connectivity index (χ0v) is 12.6. The lowest BCUT2D eigenvalue weighted by molar-refractivity contribution is -0.113. The number of hydrogen-bond donors (Lipinski definition) is 1. The number of benzene rings is 1. The molecule has 0 aliphatic heterocycles. The summed E-state index contributed by atoms with van der Waals surface area (Å²) in [6.07, 6.45) is 5.48. The molecule has 1 aromatic carbocycles. The van der Waals surface area contributed by atoms with Gasteiger partial charge in [0.05, 0.1) is 7.11 Å². The second-order valence-corrected chi connectivity index (χ2v) is 6.78. The summed E-state index contributed by atoms with van der Waals surface area (Å²) in [6, 6.07) is 7.13. The first-order valence-corrected chi connectivity index (χ1v) is 8.38. The predicted octanol–water partition coefficient (Wildman–Crippen LogP) is 2.72. The molecule has 2 rings (SSSR count). The molecule has 110 valence electrons. The lowest BCUT2D eigenvalue weighted by Crippen LogP contribution is -2.27. The molecule has 0 radical (unpaired) electrons. The number of anilines is 1. The highest BCUT2D eigenvalue weighted by atomic mass is 32.2. The van der Waals surface area contributed by atoms with Gasteiger partial charge in [-0.2, -0.15) is 0 Å². The average Bonchev–Trinajstić information content (AvgIpc) is 2.49. The molecule has 1 aliphatic carbocycles. The van der Waals surface area contributed by atoms with Crippen LogP contribution in [-0.2, 0) is 15.6 Å². The van der Waals surface area contributed by atoms with Gasteiger partial charge in [-0.25, -0.2) is 0 Å². The van der Waals surface area contributed by atoms with Gasteiger partial charge in [-0.3, -0.25) is 9.00 Å². The molecule has 0 heterocycles. The Labute approximate surface area is 122 Å². The largest absolute Gasteiger partial charge is 0.497 e. The molecule has 0 saturated heterocycles. The van der Waals surface area contributed by atoms with Crippen LogP contribution in [0, 0.1) is 0 Å². The van der Waals surface area contributed by atoms with Crippen LogP contribution in [0.4, 0.5) is 5.69 Å². The van der Waals surface area contributed by atoms with Crippen molar-refractivity contribution in [1.82, 2.24) is 0 Å². The van der Waals surface area contributed by atoms with Crippen molar-refractivity contribution >= 4 is 22.4 Å². The molecule has 20 heavy (non-hydrogen) atoms. The number of rotatable bonds is 5. The zero-order valence-electron chi connectivity index (χ0n) is 11.8. The van der Waals surface area contributed by atoms with Gasteiger partial charge < -0.3 is 10.1 Å². The molecule has 5 heteroatoms. The molecule has 0 spiro atoms. The van der Waals surface area contributed by atoms with Crippen molar-refractivity contribution in [2.75, 3.05) is 18.2 Å². The highest BCUT2D eigenvalue weighted by Crippen LogP contribution is 2.22. The van der Waals surface area contributed by atoms with Crippen molar-refractivity contribution in [2.45, 2.75) is 37.4 Å². The smallest absolute Gasteiger partial charge is 0.237 e. The number of hydrogen-bond acceptors (Lipinski definition) is 3. The minimum absolute atomic E-state index is 0.0939. The number of amides is 1. The standard InChI is InChI=1S/C15H21NO3S/c1-19-13-9-7-12(8-10-13)16-15(17)11-20(18)14-5-3-2-4-6-14/h7-10,14H,2-6,11H2,1H3,(H,16,17). The van der Waals surface area contributed by atoms with Crippen LogP contribution in [0.25, 0.3) is 0 Å². The predicted molar refractivity (Wildman–Crippen MR) is 81.5 cm³/mol. The van der Waals surface area contributed by atoms with Crippen molar-refractivity contribution in [1.29, 1.82) is 0 Å². The van der Waals surface area contributed by atoms with Crippen molar-refractivity contribution in [3.63, 3.8) is 0 Å². The summed E-state index contributed by atoms with van der Waals surface area (Å²) in [6.45, 7) is 0. The molecule has 0 aromatic heterocycles. The van der Waals surface area contributed by atoms with Gasteiger partial charge >= 0.3 is 0 Å². The summed E-state index contributed by atoms with van der Waals surface area (Å²) in [4.78, 5) is 11.9. The summed E-state index contributed by atoms with van der Waals surface area (Å²) in [5.41, 5.74) is 0.705. The summed E-state index contributed by atoms with van der Waals surface area (Å²) >= 11 is 0.